The van der Waals surface area contributed by atoms with E-state index >= 15 is 0 Å². The van der Waals surface area contributed by atoms with Crippen LogP contribution in [0.15, 0.2) is 36.4 Å². The van der Waals surface area contributed by atoms with Crippen molar-refractivity contribution in [3.8, 4) is 0 Å². The molecular formula is C18H14Cl2N2O3. The van der Waals surface area contributed by atoms with Gasteiger partial charge >= 0.3 is 0 Å². The zero-order chi connectivity index (χ0) is 18.1. The third kappa shape index (κ3) is 3.52. The Morgan fingerprint density at radius 1 is 1.00 bits per heavy atom. The van der Waals surface area contributed by atoms with Crippen LogP contribution in [0.25, 0.3) is 0 Å². The second-order valence-electron chi connectivity index (χ2n) is 5.71. The number of hydrogen-bond acceptors (Lipinski definition) is 3. The molecule has 0 saturated heterocycles. The summed E-state index contributed by atoms with van der Waals surface area (Å²) in [5, 5.41) is 3.72. The number of hydrogen-bond donors (Lipinski definition) is 1. The molecule has 0 fully saturated rings. The predicted octanol–water partition coefficient (Wildman–Crippen LogP) is 3.93. The number of rotatable bonds is 4. The molecule has 0 spiro atoms. The van der Waals surface area contributed by atoms with Gasteiger partial charge in [-0.3, -0.25) is 19.3 Å². The molecule has 5 nitrogen and oxygen atoms in total. The van der Waals surface area contributed by atoms with Gasteiger partial charge in [0, 0.05) is 28.7 Å². The number of aryl methyl sites for hydroxylation is 1. The highest BCUT2D eigenvalue weighted by molar-refractivity contribution is 6.32. The summed E-state index contributed by atoms with van der Waals surface area (Å²) in [5.74, 6) is -1.13. The average molecular weight is 377 g/mol. The highest BCUT2D eigenvalue weighted by Crippen LogP contribution is 2.26. The fourth-order valence-electron chi connectivity index (χ4n) is 2.66. The van der Waals surface area contributed by atoms with E-state index in [-0.39, 0.29) is 24.4 Å². The van der Waals surface area contributed by atoms with E-state index in [1.807, 2.05) is 6.92 Å². The lowest BCUT2D eigenvalue weighted by molar-refractivity contribution is -0.116. The number of amides is 3. The van der Waals surface area contributed by atoms with Gasteiger partial charge in [-0.15, -0.1) is 0 Å². The first-order valence-corrected chi connectivity index (χ1v) is 8.34. The molecule has 128 valence electrons. The number of fused-ring (bicyclic) bond motifs is 1. The van der Waals surface area contributed by atoms with Crippen LogP contribution in [-0.2, 0) is 4.79 Å². The quantitative estimate of drug-likeness (QED) is 0.822. The summed E-state index contributed by atoms with van der Waals surface area (Å²) in [6.07, 6.45) is 0.00126. The average Bonchev–Trinajstić information content (AvgIpc) is 2.79. The van der Waals surface area contributed by atoms with E-state index in [2.05, 4.69) is 5.32 Å². The van der Waals surface area contributed by atoms with Gasteiger partial charge in [0.05, 0.1) is 11.1 Å². The summed E-state index contributed by atoms with van der Waals surface area (Å²) in [7, 11) is 0. The lowest BCUT2D eigenvalue weighted by Crippen LogP contribution is -2.32. The highest BCUT2D eigenvalue weighted by Gasteiger charge is 2.35. The molecule has 1 N–H and O–H groups in total. The molecule has 0 saturated carbocycles. The topological polar surface area (TPSA) is 66.5 Å². The zero-order valence-corrected chi connectivity index (χ0v) is 14.8. The van der Waals surface area contributed by atoms with Gasteiger partial charge in [-0.05, 0) is 48.9 Å². The molecule has 0 atom stereocenters. The third-order valence-electron chi connectivity index (χ3n) is 3.96. The van der Waals surface area contributed by atoms with Crippen LogP contribution in [0.3, 0.4) is 0 Å². The molecule has 0 bridgehead atoms. The summed E-state index contributed by atoms with van der Waals surface area (Å²) >= 11 is 11.8. The van der Waals surface area contributed by atoms with Crippen molar-refractivity contribution in [3.05, 3.63) is 63.1 Å². The van der Waals surface area contributed by atoms with Crippen LogP contribution in [0.5, 0.6) is 0 Å². The standard InChI is InChI=1S/C18H14Cl2N2O3/c1-10-8-11(19)3-5-15(10)21-16(23)6-7-22-17(24)13-4-2-12(20)9-14(13)18(22)25/h2-5,8-9H,6-7H2,1H3,(H,21,23). The zero-order valence-electron chi connectivity index (χ0n) is 13.3. The third-order valence-corrected chi connectivity index (χ3v) is 4.43. The van der Waals surface area contributed by atoms with Crippen molar-refractivity contribution in [3.63, 3.8) is 0 Å². The van der Waals surface area contributed by atoms with E-state index < -0.39 is 11.8 Å². The van der Waals surface area contributed by atoms with Gasteiger partial charge in [0.25, 0.3) is 11.8 Å². The minimum Gasteiger partial charge on any atom is -0.326 e. The Hall–Kier alpha value is -2.37. The molecule has 3 amide bonds. The highest BCUT2D eigenvalue weighted by atomic mass is 35.5. The molecule has 1 heterocycles. The fraction of sp³-hybridized carbons (Fsp3) is 0.167. The second-order valence-corrected chi connectivity index (χ2v) is 6.58. The Morgan fingerprint density at radius 2 is 1.64 bits per heavy atom. The van der Waals surface area contributed by atoms with Crippen LogP contribution in [0.1, 0.15) is 32.7 Å². The number of anilines is 1. The summed E-state index contributed by atoms with van der Waals surface area (Å²) in [4.78, 5) is 37.8. The molecular weight excluding hydrogens is 363 g/mol. The molecule has 0 aliphatic carbocycles. The molecule has 2 aromatic carbocycles. The monoisotopic (exact) mass is 376 g/mol. The molecule has 25 heavy (non-hydrogen) atoms. The SMILES string of the molecule is Cc1cc(Cl)ccc1NC(=O)CCN1C(=O)c2ccc(Cl)cc2C1=O. The van der Waals surface area contributed by atoms with Crippen LogP contribution in [0.2, 0.25) is 10.0 Å². The van der Waals surface area contributed by atoms with Crippen molar-refractivity contribution in [1.29, 1.82) is 0 Å². The Balaban J connectivity index is 1.65. The van der Waals surface area contributed by atoms with Gasteiger partial charge in [-0.2, -0.15) is 0 Å². The van der Waals surface area contributed by atoms with E-state index in [1.165, 1.54) is 12.1 Å². The molecule has 3 rings (SSSR count). The van der Waals surface area contributed by atoms with E-state index in [1.54, 1.807) is 24.3 Å². The first-order valence-electron chi connectivity index (χ1n) is 7.58. The molecule has 1 aliphatic rings. The largest absolute Gasteiger partial charge is 0.326 e. The Bertz CT molecular complexity index is 896. The van der Waals surface area contributed by atoms with Crippen molar-refractivity contribution in [2.24, 2.45) is 0 Å². The van der Waals surface area contributed by atoms with E-state index in [9.17, 15) is 14.4 Å². The maximum atomic E-state index is 12.3. The number of imide groups is 1. The predicted molar refractivity (Wildman–Crippen MR) is 96.3 cm³/mol. The Labute approximate surface area is 154 Å². The van der Waals surface area contributed by atoms with Gasteiger partial charge in [0.15, 0.2) is 0 Å². The maximum Gasteiger partial charge on any atom is 0.261 e. The van der Waals surface area contributed by atoms with Crippen LogP contribution >= 0.6 is 23.2 Å². The van der Waals surface area contributed by atoms with Crippen LogP contribution < -0.4 is 5.32 Å². The lowest BCUT2D eigenvalue weighted by atomic mass is 10.1. The van der Waals surface area contributed by atoms with Crippen molar-refractivity contribution >= 4 is 46.6 Å². The van der Waals surface area contributed by atoms with Crippen molar-refractivity contribution < 1.29 is 14.4 Å². The number of nitrogens with zero attached hydrogens (tertiary/aromatic N) is 1. The normalized spacial score (nSPS) is 13.2. The number of nitrogens with one attached hydrogen (secondary N) is 1. The summed E-state index contributed by atoms with van der Waals surface area (Å²) in [6, 6.07) is 9.68. The Kier molecular flexibility index (Phi) is 4.79. The molecule has 0 radical (unpaired) electrons. The molecule has 0 aromatic heterocycles. The molecule has 1 aliphatic heterocycles. The van der Waals surface area contributed by atoms with Gasteiger partial charge in [0.2, 0.25) is 5.91 Å². The number of carbonyl (C=O) groups is 3. The molecule has 0 unspecified atom stereocenters. The van der Waals surface area contributed by atoms with Crippen LogP contribution in [-0.4, -0.2) is 29.2 Å². The first kappa shape index (κ1) is 17.5. The van der Waals surface area contributed by atoms with Gasteiger partial charge in [0.1, 0.15) is 0 Å². The van der Waals surface area contributed by atoms with E-state index in [0.29, 0.717) is 21.3 Å². The second kappa shape index (κ2) is 6.86. The van der Waals surface area contributed by atoms with Gasteiger partial charge in [-0.25, -0.2) is 0 Å². The van der Waals surface area contributed by atoms with Crippen molar-refractivity contribution in [2.45, 2.75) is 13.3 Å². The lowest BCUT2D eigenvalue weighted by Gasteiger charge is -2.14. The molecule has 2 aromatic rings. The van der Waals surface area contributed by atoms with Gasteiger partial charge in [-0.1, -0.05) is 23.2 Å². The minimum absolute atomic E-state index is 0.00126. The summed E-state index contributed by atoms with van der Waals surface area (Å²) in [6.45, 7) is 1.83. The van der Waals surface area contributed by atoms with Gasteiger partial charge < -0.3 is 5.32 Å². The Morgan fingerprint density at radius 3 is 2.36 bits per heavy atom. The summed E-state index contributed by atoms with van der Waals surface area (Å²) in [5.41, 5.74) is 2.05. The smallest absolute Gasteiger partial charge is 0.261 e. The minimum atomic E-state index is -0.432. The van der Waals surface area contributed by atoms with Crippen LogP contribution in [0, 0.1) is 6.92 Å². The van der Waals surface area contributed by atoms with Crippen LogP contribution in [0.4, 0.5) is 5.69 Å². The van der Waals surface area contributed by atoms with Crippen molar-refractivity contribution in [1.82, 2.24) is 4.90 Å². The summed E-state index contributed by atoms with van der Waals surface area (Å²) < 4.78 is 0. The van der Waals surface area contributed by atoms with Crippen molar-refractivity contribution in [2.75, 3.05) is 11.9 Å². The maximum absolute atomic E-state index is 12.3. The first-order chi connectivity index (χ1) is 11.9. The van der Waals surface area contributed by atoms with E-state index in [4.69, 9.17) is 23.2 Å². The number of benzene rings is 2. The van der Waals surface area contributed by atoms with E-state index in [0.717, 1.165) is 10.5 Å². The fourth-order valence-corrected chi connectivity index (χ4v) is 3.06. The molecule has 7 heteroatoms. The number of halogens is 2. The number of carbonyl (C=O) groups excluding carboxylic acids is 3.